The van der Waals surface area contributed by atoms with E-state index in [1.165, 1.54) is 5.69 Å². The summed E-state index contributed by atoms with van der Waals surface area (Å²) >= 11 is 0. The Bertz CT molecular complexity index is 346. The van der Waals surface area contributed by atoms with Crippen molar-refractivity contribution >= 4 is 5.69 Å². The van der Waals surface area contributed by atoms with Gasteiger partial charge in [0.05, 0.1) is 0 Å². The highest BCUT2D eigenvalue weighted by molar-refractivity contribution is 5.46. The van der Waals surface area contributed by atoms with Crippen LogP contribution in [0.3, 0.4) is 0 Å². The van der Waals surface area contributed by atoms with E-state index in [1.807, 2.05) is 18.2 Å². The first-order valence-corrected chi connectivity index (χ1v) is 6.13. The monoisotopic (exact) mass is 236 g/mol. The number of hydrogen-bond donors (Lipinski definition) is 2. The van der Waals surface area contributed by atoms with Crippen molar-refractivity contribution in [2.75, 3.05) is 31.1 Å². The van der Waals surface area contributed by atoms with E-state index < -0.39 is 5.91 Å². The Morgan fingerprint density at radius 2 is 1.65 bits per heavy atom. The van der Waals surface area contributed by atoms with E-state index in [2.05, 4.69) is 17.0 Å². The summed E-state index contributed by atoms with van der Waals surface area (Å²) in [7, 11) is 0. The molecule has 0 atom stereocenters. The van der Waals surface area contributed by atoms with Gasteiger partial charge in [-0.3, -0.25) is 0 Å². The van der Waals surface area contributed by atoms with Crippen molar-refractivity contribution in [2.45, 2.75) is 19.3 Å². The van der Waals surface area contributed by atoms with E-state index in [9.17, 15) is 10.2 Å². The van der Waals surface area contributed by atoms with Gasteiger partial charge in [0.25, 0.3) is 0 Å². The molecule has 4 heteroatoms. The second-order valence-corrected chi connectivity index (χ2v) is 4.44. The minimum atomic E-state index is -1.65. The molecule has 0 spiro atoms. The van der Waals surface area contributed by atoms with Crippen LogP contribution in [-0.4, -0.2) is 47.2 Å². The molecule has 0 saturated carbocycles. The van der Waals surface area contributed by atoms with Crippen LogP contribution in [-0.2, 0) is 0 Å². The van der Waals surface area contributed by atoms with E-state index in [0.29, 0.717) is 19.5 Å². The van der Waals surface area contributed by atoms with Crippen LogP contribution in [0.1, 0.15) is 13.3 Å². The van der Waals surface area contributed by atoms with Crippen LogP contribution < -0.4 is 4.90 Å². The Morgan fingerprint density at radius 1 is 1.06 bits per heavy atom. The van der Waals surface area contributed by atoms with Gasteiger partial charge >= 0.3 is 0 Å². The van der Waals surface area contributed by atoms with Crippen molar-refractivity contribution in [1.82, 2.24) is 4.90 Å². The molecule has 0 aliphatic carbocycles. The van der Waals surface area contributed by atoms with Gasteiger partial charge in [-0.2, -0.15) is 0 Å². The summed E-state index contributed by atoms with van der Waals surface area (Å²) in [6, 6.07) is 10.2. The van der Waals surface area contributed by atoms with Gasteiger partial charge in [-0.05, 0) is 12.1 Å². The summed E-state index contributed by atoms with van der Waals surface area (Å²) in [5.41, 5.74) is 1.20. The summed E-state index contributed by atoms with van der Waals surface area (Å²) in [5.74, 6) is -1.65. The molecule has 0 radical (unpaired) electrons. The molecule has 1 aromatic rings. The molecule has 1 aliphatic rings. The summed E-state index contributed by atoms with van der Waals surface area (Å²) in [6.07, 6.45) is 0.332. The first-order valence-electron chi connectivity index (χ1n) is 6.13. The molecule has 1 aromatic carbocycles. The third-order valence-electron chi connectivity index (χ3n) is 3.38. The van der Waals surface area contributed by atoms with Gasteiger partial charge in [-0.25, -0.2) is 4.90 Å². The molecular weight excluding hydrogens is 216 g/mol. The normalized spacial score (nSPS) is 18.4. The van der Waals surface area contributed by atoms with Gasteiger partial charge < -0.3 is 15.1 Å². The van der Waals surface area contributed by atoms with Crippen LogP contribution in [0.25, 0.3) is 0 Å². The minimum Gasteiger partial charge on any atom is -0.369 e. The lowest BCUT2D eigenvalue weighted by molar-refractivity contribution is -0.266. The molecule has 2 rings (SSSR count). The molecule has 17 heavy (non-hydrogen) atoms. The lowest BCUT2D eigenvalue weighted by Gasteiger charge is -2.41. The summed E-state index contributed by atoms with van der Waals surface area (Å²) in [4.78, 5) is 3.99. The van der Waals surface area contributed by atoms with E-state index in [1.54, 1.807) is 11.8 Å². The first-order chi connectivity index (χ1) is 8.13. The Balaban J connectivity index is 1.95. The van der Waals surface area contributed by atoms with E-state index in [0.717, 1.165) is 13.1 Å². The largest absolute Gasteiger partial charge is 0.369 e. The quantitative estimate of drug-likeness (QED) is 0.764. The SMILES string of the molecule is CCC(O)(O)N1CCN(c2ccccc2)CC1. The van der Waals surface area contributed by atoms with Crippen molar-refractivity contribution in [3.05, 3.63) is 30.3 Å². The highest BCUT2D eigenvalue weighted by atomic mass is 16.5. The Kier molecular flexibility index (Phi) is 3.66. The summed E-state index contributed by atoms with van der Waals surface area (Å²) in [5, 5.41) is 19.5. The third kappa shape index (κ3) is 2.77. The fourth-order valence-electron chi connectivity index (χ4n) is 2.19. The fourth-order valence-corrected chi connectivity index (χ4v) is 2.19. The zero-order valence-electron chi connectivity index (χ0n) is 10.2. The lowest BCUT2D eigenvalue weighted by Crippen LogP contribution is -2.57. The summed E-state index contributed by atoms with van der Waals surface area (Å²) in [6.45, 7) is 4.79. The number of rotatable bonds is 3. The fraction of sp³-hybridized carbons (Fsp3) is 0.538. The Hall–Kier alpha value is -1.10. The summed E-state index contributed by atoms with van der Waals surface area (Å²) < 4.78 is 0. The number of aliphatic hydroxyl groups is 2. The first kappa shape index (κ1) is 12.4. The molecule has 0 aromatic heterocycles. The van der Waals surface area contributed by atoms with Crippen molar-refractivity contribution in [3.63, 3.8) is 0 Å². The van der Waals surface area contributed by atoms with Crippen LogP contribution >= 0.6 is 0 Å². The number of hydrogen-bond acceptors (Lipinski definition) is 4. The molecule has 4 nitrogen and oxygen atoms in total. The average molecular weight is 236 g/mol. The maximum atomic E-state index is 9.77. The topological polar surface area (TPSA) is 46.9 Å². The van der Waals surface area contributed by atoms with Gasteiger partial charge in [0.15, 0.2) is 0 Å². The molecular formula is C13H20N2O2. The standard InChI is InChI=1S/C13H20N2O2/c1-2-13(16,17)15-10-8-14(9-11-15)12-6-4-3-5-7-12/h3-7,16-17H,2,8-11H2,1H3. The smallest absolute Gasteiger partial charge is 0.224 e. The molecule has 1 fully saturated rings. The molecule has 1 saturated heterocycles. The minimum absolute atomic E-state index is 0.332. The van der Waals surface area contributed by atoms with Crippen molar-refractivity contribution < 1.29 is 10.2 Å². The van der Waals surface area contributed by atoms with Crippen molar-refractivity contribution in [1.29, 1.82) is 0 Å². The lowest BCUT2D eigenvalue weighted by atomic mass is 10.2. The van der Waals surface area contributed by atoms with Crippen LogP contribution in [0.15, 0.2) is 30.3 Å². The van der Waals surface area contributed by atoms with Gasteiger partial charge in [0.1, 0.15) is 0 Å². The van der Waals surface area contributed by atoms with Crippen LogP contribution in [0.4, 0.5) is 5.69 Å². The molecule has 2 N–H and O–H groups in total. The Morgan fingerprint density at radius 3 is 2.18 bits per heavy atom. The molecule has 0 unspecified atom stereocenters. The predicted molar refractivity (Wildman–Crippen MR) is 67.7 cm³/mol. The van der Waals surface area contributed by atoms with Gasteiger partial charge in [0, 0.05) is 38.3 Å². The van der Waals surface area contributed by atoms with E-state index in [4.69, 9.17) is 0 Å². The Labute approximate surface area is 102 Å². The van der Waals surface area contributed by atoms with Crippen LogP contribution in [0.2, 0.25) is 0 Å². The highest BCUT2D eigenvalue weighted by Crippen LogP contribution is 2.19. The molecule has 94 valence electrons. The van der Waals surface area contributed by atoms with Crippen molar-refractivity contribution in [3.8, 4) is 0 Å². The van der Waals surface area contributed by atoms with Gasteiger partial charge in [-0.15, -0.1) is 0 Å². The molecule has 0 amide bonds. The number of piperazine rings is 1. The second-order valence-electron chi connectivity index (χ2n) is 4.44. The van der Waals surface area contributed by atoms with E-state index >= 15 is 0 Å². The molecule has 1 heterocycles. The second kappa shape index (κ2) is 5.04. The third-order valence-corrected chi connectivity index (χ3v) is 3.38. The van der Waals surface area contributed by atoms with Crippen molar-refractivity contribution in [2.24, 2.45) is 0 Å². The molecule has 1 aliphatic heterocycles. The average Bonchev–Trinajstić information content (AvgIpc) is 2.40. The van der Waals surface area contributed by atoms with Crippen LogP contribution in [0.5, 0.6) is 0 Å². The van der Waals surface area contributed by atoms with Crippen LogP contribution in [0, 0.1) is 0 Å². The highest BCUT2D eigenvalue weighted by Gasteiger charge is 2.32. The van der Waals surface area contributed by atoms with E-state index in [-0.39, 0.29) is 0 Å². The number of para-hydroxylation sites is 1. The number of benzene rings is 1. The molecule has 0 bridgehead atoms. The number of anilines is 1. The predicted octanol–water partition coefficient (Wildman–Crippen LogP) is 0.857. The maximum Gasteiger partial charge on any atom is 0.224 e. The zero-order valence-corrected chi connectivity index (χ0v) is 10.2. The van der Waals surface area contributed by atoms with Gasteiger partial charge in [-0.1, -0.05) is 25.1 Å². The maximum absolute atomic E-state index is 9.77. The zero-order chi connectivity index (χ0) is 12.3. The van der Waals surface area contributed by atoms with Gasteiger partial charge in [0.2, 0.25) is 5.91 Å². The number of nitrogens with zero attached hydrogens (tertiary/aromatic N) is 2.